The fourth-order valence-electron chi connectivity index (χ4n) is 4.20. The number of rotatable bonds is 5. The number of amides is 2. The average molecular weight is 446 g/mol. The molecule has 1 aromatic carbocycles. The molecule has 4 rings (SSSR count). The summed E-state index contributed by atoms with van der Waals surface area (Å²) in [7, 11) is 0. The van der Waals surface area contributed by atoms with Crippen molar-refractivity contribution in [2.45, 2.75) is 32.5 Å². The van der Waals surface area contributed by atoms with Crippen LogP contribution in [0.1, 0.15) is 51.7 Å². The summed E-state index contributed by atoms with van der Waals surface area (Å²) in [6, 6.07) is 6.85. The maximum absolute atomic E-state index is 13.3. The second-order valence-electron chi connectivity index (χ2n) is 8.10. The molecule has 0 spiro atoms. The molecule has 0 saturated carbocycles. The average Bonchev–Trinajstić information content (AvgIpc) is 3.11. The number of hydrogen-bond acceptors (Lipinski definition) is 4. The molecular formula is C23H25F3N4O2. The first-order chi connectivity index (χ1) is 15.3. The van der Waals surface area contributed by atoms with Gasteiger partial charge in [-0.1, -0.05) is 25.5 Å². The highest BCUT2D eigenvalue weighted by Gasteiger charge is 2.36. The summed E-state index contributed by atoms with van der Waals surface area (Å²) in [6.07, 6.45) is -0.960. The van der Waals surface area contributed by atoms with Crippen LogP contribution in [0.15, 0.2) is 36.5 Å². The van der Waals surface area contributed by atoms with Crippen molar-refractivity contribution in [1.29, 1.82) is 0 Å². The Bertz CT molecular complexity index is 1020. The second-order valence-corrected chi connectivity index (χ2v) is 8.10. The zero-order chi connectivity index (χ0) is 22.9. The minimum Gasteiger partial charge on any atom is -0.367 e. The van der Waals surface area contributed by atoms with Crippen molar-refractivity contribution >= 4 is 17.5 Å². The van der Waals surface area contributed by atoms with Crippen LogP contribution < -0.4 is 4.90 Å². The van der Waals surface area contributed by atoms with Gasteiger partial charge in [-0.15, -0.1) is 0 Å². The molecule has 0 aliphatic carbocycles. The quantitative estimate of drug-likeness (QED) is 0.701. The highest BCUT2D eigenvalue weighted by Crippen LogP contribution is 2.33. The van der Waals surface area contributed by atoms with Crippen LogP contribution in [0.5, 0.6) is 0 Å². The van der Waals surface area contributed by atoms with E-state index >= 15 is 0 Å². The summed E-state index contributed by atoms with van der Waals surface area (Å²) >= 11 is 0. The molecule has 6 nitrogen and oxygen atoms in total. The Balaban J connectivity index is 1.42. The van der Waals surface area contributed by atoms with Crippen molar-refractivity contribution < 1.29 is 22.8 Å². The number of hydrogen-bond donors (Lipinski definition) is 0. The molecule has 0 N–H and O–H groups in total. The summed E-state index contributed by atoms with van der Waals surface area (Å²) in [4.78, 5) is 34.9. The maximum Gasteiger partial charge on any atom is 0.417 e. The van der Waals surface area contributed by atoms with E-state index in [0.29, 0.717) is 45.0 Å². The van der Waals surface area contributed by atoms with Crippen molar-refractivity contribution in [3.63, 3.8) is 0 Å². The molecule has 2 aliphatic heterocycles. The van der Waals surface area contributed by atoms with Crippen molar-refractivity contribution in [1.82, 2.24) is 14.8 Å². The van der Waals surface area contributed by atoms with E-state index in [9.17, 15) is 22.8 Å². The number of anilines is 1. The van der Waals surface area contributed by atoms with Gasteiger partial charge < -0.3 is 14.7 Å². The highest BCUT2D eigenvalue weighted by molar-refractivity contribution is 5.97. The summed E-state index contributed by atoms with van der Waals surface area (Å²) in [5, 5.41) is 0. The van der Waals surface area contributed by atoms with Gasteiger partial charge in [0.05, 0.1) is 23.0 Å². The van der Waals surface area contributed by atoms with Gasteiger partial charge in [-0.2, -0.15) is 13.2 Å². The van der Waals surface area contributed by atoms with Gasteiger partial charge in [-0.3, -0.25) is 9.59 Å². The lowest BCUT2D eigenvalue weighted by atomic mass is 10.1. The Morgan fingerprint density at radius 3 is 2.53 bits per heavy atom. The number of pyridine rings is 1. The zero-order valence-electron chi connectivity index (χ0n) is 17.9. The normalized spacial score (nSPS) is 16.5. The number of aromatic nitrogens is 1. The Hall–Kier alpha value is -3.10. The summed E-state index contributed by atoms with van der Waals surface area (Å²) in [5.41, 5.74) is 1.01. The Kier molecular flexibility index (Phi) is 6.08. The van der Waals surface area contributed by atoms with Crippen LogP contribution in [0.2, 0.25) is 0 Å². The molecule has 9 heteroatoms. The Labute approximate surface area is 184 Å². The number of nitrogens with zero attached hydrogens (tertiary/aromatic N) is 4. The van der Waals surface area contributed by atoms with Crippen LogP contribution in [0.3, 0.4) is 0 Å². The molecule has 170 valence electrons. The fraction of sp³-hybridized carbons (Fsp3) is 0.435. The predicted octanol–water partition coefficient (Wildman–Crippen LogP) is 3.82. The molecule has 32 heavy (non-hydrogen) atoms. The van der Waals surface area contributed by atoms with Gasteiger partial charge in [0.25, 0.3) is 11.8 Å². The van der Waals surface area contributed by atoms with Gasteiger partial charge in [-0.05, 0) is 24.6 Å². The molecule has 1 fully saturated rings. The maximum atomic E-state index is 13.3. The minimum atomic E-state index is -4.58. The number of halogens is 3. The van der Waals surface area contributed by atoms with Crippen molar-refractivity contribution in [2.24, 2.45) is 0 Å². The van der Waals surface area contributed by atoms with Crippen molar-refractivity contribution in [3.05, 3.63) is 58.9 Å². The molecule has 2 aliphatic rings. The first-order valence-electron chi connectivity index (χ1n) is 10.8. The molecule has 1 saturated heterocycles. The van der Waals surface area contributed by atoms with Crippen LogP contribution in [0.25, 0.3) is 0 Å². The minimum absolute atomic E-state index is 0.0428. The molecule has 1 aromatic heterocycles. The van der Waals surface area contributed by atoms with E-state index in [4.69, 9.17) is 0 Å². The van der Waals surface area contributed by atoms with E-state index in [1.165, 1.54) is 23.1 Å². The number of benzene rings is 1. The van der Waals surface area contributed by atoms with E-state index < -0.39 is 17.6 Å². The Morgan fingerprint density at radius 2 is 1.84 bits per heavy atom. The smallest absolute Gasteiger partial charge is 0.367 e. The second kappa shape index (κ2) is 8.80. The van der Waals surface area contributed by atoms with Crippen molar-refractivity contribution in [2.75, 3.05) is 37.6 Å². The van der Waals surface area contributed by atoms with Crippen LogP contribution >= 0.6 is 0 Å². The predicted molar refractivity (Wildman–Crippen MR) is 113 cm³/mol. The van der Waals surface area contributed by atoms with Crippen LogP contribution in [0, 0.1) is 0 Å². The standard InChI is InChI=1S/C23H25F3N4O2/c1-2-3-8-30-15-16-13-17(14-27-20(16)22(30)32)28-9-11-29(12-10-28)21(31)18-6-4-5-7-19(18)23(24,25)26/h4-7,13-14H,2-3,8-12,15H2,1H3. The van der Waals surface area contributed by atoms with Crippen LogP contribution in [-0.4, -0.2) is 59.3 Å². The third-order valence-corrected chi connectivity index (χ3v) is 5.98. The van der Waals surface area contributed by atoms with Crippen LogP contribution in [0.4, 0.5) is 18.9 Å². The topological polar surface area (TPSA) is 56.8 Å². The van der Waals surface area contributed by atoms with Gasteiger partial charge in [0.1, 0.15) is 5.69 Å². The lowest BCUT2D eigenvalue weighted by Gasteiger charge is -2.36. The van der Waals surface area contributed by atoms with Gasteiger partial charge in [0, 0.05) is 44.8 Å². The zero-order valence-corrected chi connectivity index (χ0v) is 17.9. The molecule has 2 amide bonds. The van der Waals surface area contributed by atoms with Crippen LogP contribution in [-0.2, 0) is 12.7 Å². The number of piperazine rings is 1. The highest BCUT2D eigenvalue weighted by atomic mass is 19.4. The van der Waals surface area contributed by atoms with Gasteiger partial charge in [0.2, 0.25) is 0 Å². The third-order valence-electron chi connectivity index (χ3n) is 5.98. The number of unbranched alkanes of at least 4 members (excludes halogenated alkanes) is 1. The van der Waals surface area contributed by atoms with E-state index in [1.807, 2.05) is 11.0 Å². The van der Waals surface area contributed by atoms with E-state index in [1.54, 1.807) is 11.1 Å². The SMILES string of the molecule is CCCCN1Cc2cc(N3CCN(C(=O)c4ccccc4C(F)(F)F)CC3)cnc2C1=O. The Morgan fingerprint density at radius 1 is 1.12 bits per heavy atom. The molecule has 3 heterocycles. The molecule has 0 unspecified atom stereocenters. The molecular weight excluding hydrogens is 421 g/mol. The lowest BCUT2D eigenvalue weighted by molar-refractivity contribution is -0.138. The molecule has 0 radical (unpaired) electrons. The number of carbonyl (C=O) groups excluding carboxylic acids is 2. The van der Waals surface area contributed by atoms with Gasteiger partial charge in [-0.25, -0.2) is 4.98 Å². The number of carbonyl (C=O) groups is 2. The first kappa shape index (κ1) is 22.1. The van der Waals surface area contributed by atoms with Gasteiger partial charge in [0.15, 0.2) is 0 Å². The van der Waals surface area contributed by atoms with E-state index in [-0.39, 0.29) is 11.5 Å². The van der Waals surface area contributed by atoms with E-state index in [0.717, 1.165) is 30.2 Å². The summed E-state index contributed by atoms with van der Waals surface area (Å²) in [6.45, 7) is 4.91. The van der Waals surface area contributed by atoms with E-state index in [2.05, 4.69) is 11.9 Å². The monoisotopic (exact) mass is 446 g/mol. The molecule has 0 bridgehead atoms. The number of fused-ring (bicyclic) bond motifs is 1. The van der Waals surface area contributed by atoms with Gasteiger partial charge >= 0.3 is 6.18 Å². The van der Waals surface area contributed by atoms with Crippen molar-refractivity contribution in [3.8, 4) is 0 Å². The molecule has 2 aromatic rings. The largest absolute Gasteiger partial charge is 0.417 e. The summed E-state index contributed by atoms with van der Waals surface area (Å²) < 4.78 is 39.8. The first-order valence-corrected chi connectivity index (χ1v) is 10.8. The fourth-order valence-corrected chi connectivity index (χ4v) is 4.20. The lowest BCUT2D eigenvalue weighted by Crippen LogP contribution is -2.49. The number of alkyl halides is 3. The molecule has 0 atom stereocenters. The third kappa shape index (κ3) is 4.28. The summed E-state index contributed by atoms with van der Waals surface area (Å²) in [5.74, 6) is -0.652.